The second kappa shape index (κ2) is 5.17. The summed E-state index contributed by atoms with van der Waals surface area (Å²) in [4.78, 5) is 0. The molecule has 0 atom stereocenters. The lowest BCUT2D eigenvalue weighted by atomic mass is 9.95. The molecule has 0 N–H and O–H groups in total. The zero-order chi connectivity index (χ0) is 11.5. The van der Waals surface area contributed by atoms with E-state index in [0.717, 1.165) is 4.60 Å². The molecule has 16 heavy (non-hydrogen) atoms. The maximum Gasteiger partial charge on any atom is 0.128 e. The molecule has 0 bridgehead atoms. The van der Waals surface area contributed by atoms with Crippen molar-refractivity contribution in [2.24, 2.45) is 0 Å². The van der Waals surface area contributed by atoms with Crippen molar-refractivity contribution in [2.45, 2.75) is 52.0 Å². The van der Waals surface area contributed by atoms with E-state index in [0.29, 0.717) is 6.04 Å². The summed E-state index contributed by atoms with van der Waals surface area (Å²) in [7, 11) is 0. The lowest BCUT2D eigenvalue weighted by molar-refractivity contribution is 0.327. The number of allylic oxidation sites excluding steroid dienone is 1. The van der Waals surface area contributed by atoms with Crippen LogP contribution in [0.4, 0.5) is 0 Å². The largest absolute Gasteiger partial charge is 0.261 e. The standard InChI is InChI=1S/C13H19BrN2/c1-10(2)8-12-9-13(14)15-16(12)11-6-4-3-5-7-11/h8-9,11H,3-7H2,1-2H3. The third-order valence-corrected chi connectivity index (χ3v) is 3.48. The third-order valence-electron chi connectivity index (χ3n) is 3.09. The number of hydrogen-bond acceptors (Lipinski definition) is 1. The molecule has 1 aliphatic carbocycles. The summed E-state index contributed by atoms with van der Waals surface area (Å²) in [5.74, 6) is 0. The van der Waals surface area contributed by atoms with E-state index in [-0.39, 0.29) is 0 Å². The predicted octanol–water partition coefficient (Wildman–Crippen LogP) is 4.57. The average Bonchev–Trinajstić information content (AvgIpc) is 2.60. The van der Waals surface area contributed by atoms with Gasteiger partial charge in [0.25, 0.3) is 0 Å². The molecular weight excluding hydrogens is 264 g/mol. The summed E-state index contributed by atoms with van der Waals surface area (Å²) in [5, 5.41) is 4.58. The summed E-state index contributed by atoms with van der Waals surface area (Å²) in [6, 6.07) is 2.72. The smallest absolute Gasteiger partial charge is 0.128 e. The van der Waals surface area contributed by atoms with Gasteiger partial charge in [-0.2, -0.15) is 5.10 Å². The molecule has 0 unspecified atom stereocenters. The molecule has 1 heterocycles. The molecule has 1 fully saturated rings. The van der Waals surface area contributed by atoms with Gasteiger partial charge in [0.1, 0.15) is 4.60 Å². The van der Waals surface area contributed by atoms with Crippen molar-refractivity contribution in [1.29, 1.82) is 0 Å². The van der Waals surface area contributed by atoms with E-state index in [2.05, 4.69) is 51.7 Å². The highest BCUT2D eigenvalue weighted by molar-refractivity contribution is 9.10. The molecule has 0 radical (unpaired) electrons. The van der Waals surface area contributed by atoms with Gasteiger partial charge in [-0.25, -0.2) is 0 Å². The zero-order valence-electron chi connectivity index (χ0n) is 10.0. The lowest BCUT2D eigenvalue weighted by Crippen LogP contribution is -2.15. The Labute approximate surface area is 106 Å². The molecule has 88 valence electrons. The van der Waals surface area contributed by atoms with E-state index in [1.807, 2.05) is 0 Å². The second-order valence-electron chi connectivity index (χ2n) is 4.85. The first-order valence-electron chi connectivity index (χ1n) is 6.07. The van der Waals surface area contributed by atoms with Crippen LogP contribution in [0.3, 0.4) is 0 Å². The molecule has 0 spiro atoms. The van der Waals surface area contributed by atoms with Crippen molar-refractivity contribution in [1.82, 2.24) is 9.78 Å². The predicted molar refractivity (Wildman–Crippen MR) is 71.4 cm³/mol. The average molecular weight is 283 g/mol. The second-order valence-corrected chi connectivity index (χ2v) is 5.66. The van der Waals surface area contributed by atoms with Gasteiger partial charge in [0.15, 0.2) is 0 Å². The van der Waals surface area contributed by atoms with Crippen LogP contribution in [-0.2, 0) is 0 Å². The van der Waals surface area contributed by atoms with Gasteiger partial charge in [-0.3, -0.25) is 4.68 Å². The SMILES string of the molecule is CC(C)=Cc1cc(Br)nn1C1CCCCC1. The Balaban J connectivity index is 2.27. The fraction of sp³-hybridized carbons (Fsp3) is 0.615. The van der Waals surface area contributed by atoms with Crippen LogP contribution in [0.2, 0.25) is 0 Å². The zero-order valence-corrected chi connectivity index (χ0v) is 11.6. The van der Waals surface area contributed by atoms with Gasteiger partial charge in [0, 0.05) is 0 Å². The summed E-state index contributed by atoms with van der Waals surface area (Å²) >= 11 is 3.48. The Bertz CT molecular complexity index is 383. The number of rotatable bonds is 2. The Kier molecular flexibility index (Phi) is 3.85. The first-order chi connectivity index (χ1) is 7.66. The quantitative estimate of drug-likeness (QED) is 0.777. The topological polar surface area (TPSA) is 17.8 Å². The number of aromatic nitrogens is 2. The van der Waals surface area contributed by atoms with Crippen molar-refractivity contribution in [2.75, 3.05) is 0 Å². The minimum Gasteiger partial charge on any atom is -0.261 e. The highest BCUT2D eigenvalue weighted by atomic mass is 79.9. The summed E-state index contributed by atoms with van der Waals surface area (Å²) in [6.07, 6.45) is 8.84. The van der Waals surface area contributed by atoms with Crippen molar-refractivity contribution in [3.63, 3.8) is 0 Å². The summed E-state index contributed by atoms with van der Waals surface area (Å²) in [6.45, 7) is 4.26. The van der Waals surface area contributed by atoms with Crippen LogP contribution in [0.5, 0.6) is 0 Å². The monoisotopic (exact) mass is 282 g/mol. The maximum atomic E-state index is 4.58. The van der Waals surface area contributed by atoms with Gasteiger partial charge in [-0.15, -0.1) is 0 Å². The van der Waals surface area contributed by atoms with Crippen molar-refractivity contribution < 1.29 is 0 Å². The van der Waals surface area contributed by atoms with Crippen LogP contribution in [-0.4, -0.2) is 9.78 Å². The Morgan fingerprint density at radius 1 is 1.38 bits per heavy atom. The van der Waals surface area contributed by atoms with E-state index in [1.165, 1.54) is 43.4 Å². The van der Waals surface area contributed by atoms with Gasteiger partial charge in [-0.1, -0.05) is 24.8 Å². The van der Waals surface area contributed by atoms with E-state index in [1.54, 1.807) is 0 Å². The Hall–Kier alpha value is -0.570. The van der Waals surface area contributed by atoms with Crippen LogP contribution >= 0.6 is 15.9 Å². The van der Waals surface area contributed by atoms with Crippen molar-refractivity contribution in [3.8, 4) is 0 Å². The number of hydrogen-bond donors (Lipinski definition) is 0. The third kappa shape index (κ3) is 2.76. The fourth-order valence-electron chi connectivity index (χ4n) is 2.40. The molecule has 0 aliphatic heterocycles. The molecule has 2 nitrogen and oxygen atoms in total. The van der Waals surface area contributed by atoms with Crippen LogP contribution in [0.25, 0.3) is 6.08 Å². The minimum atomic E-state index is 0.602. The van der Waals surface area contributed by atoms with E-state index in [4.69, 9.17) is 0 Å². The first-order valence-corrected chi connectivity index (χ1v) is 6.86. The van der Waals surface area contributed by atoms with Gasteiger partial charge in [0.05, 0.1) is 11.7 Å². The number of halogens is 1. The van der Waals surface area contributed by atoms with Crippen molar-refractivity contribution in [3.05, 3.63) is 21.9 Å². The number of nitrogens with zero attached hydrogens (tertiary/aromatic N) is 2. The Morgan fingerprint density at radius 2 is 2.06 bits per heavy atom. The molecule has 1 aromatic heterocycles. The van der Waals surface area contributed by atoms with Crippen LogP contribution < -0.4 is 0 Å². The van der Waals surface area contributed by atoms with Gasteiger partial charge >= 0.3 is 0 Å². The fourth-order valence-corrected chi connectivity index (χ4v) is 2.80. The van der Waals surface area contributed by atoms with E-state index in [9.17, 15) is 0 Å². The molecule has 0 saturated heterocycles. The highest BCUT2D eigenvalue weighted by Gasteiger charge is 2.18. The maximum absolute atomic E-state index is 4.58. The molecular formula is C13H19BrN2. The normalized spacial score (nSPS) is 17.4. The van der Waals surface area contributed by atoms with Gasteiger partial charge in [0.2, 0.25) is 0 Å². The van der Waals surface area contributed by atoms with Crippen LogP contribution in [0, 0.1) is 0 Å². The Morgan fingerprint density at radius 3 is 2.69 bits per heavy atom. The molecule has 2 rings (SSSR count). The molecule has 0 amide bonds. The molecule has 1 aromatic rings. The first kappa shape index (κ1) is 11.9. The van der Waals surface area contributed by atoms with E-state index >= 15 is 0 Å². The van der Waals surface area contributed by atoms with Gasteiger partial charge < -0.3 is 0 Å². The van der Waals surface area contributed by atoms with Crippen LogP contribution in [0.1, 0.15) is 57.7 Å². The molecule has 3 heteroatoms. The minimum absolute atomic E-state index is 0.602. The van der Waals surface area contributed by atoms with E-state index < -0.39 is 0 Å². The molecule has 1 aliphatic rings. The summed E-state index contributed by atoms with van der Waals surface area (Å²) < 4.78 is 3.15. The molecule has 1 saturated carbocycles. The molecule has 0 aromatic carbocycles. The van der Waals surface area contributed by atoms with Crippen LogP contribution in [0.15, 0.2) is 16.2 Å². The highest BCUT2D eigenvalue weighted by Crippen LogP contribution is 2.30. The summed E-state index contributed by atoms with van der Waals surface area (Å²) in [5.41, 5.74) is 2.56. The van der Waals surface area contributed by atoms with Crippen molar-refractivity contribution >= 4 is 22.0 Å². The van der Waals surface area contributed by atoms with Gasteiger partial charge in [-0.05, 0) is 54.8 Å². The lowest BCUT2D eigenvalue weighted by Gasteiger charge is -2.23.